The molecule has 2 aromatic rings. The number of carbonyl (C=O) groups is 1. The molecular formula is C19H21ClO3. The molecular weight excluding hydrogens is 312 g/mol. The van der Waals surface area contributed by atoms with Crippen molar-refractivity contribution >= 4 is 17.6 Å². The third-order valence-corrected chi connectivity index (χ3v) is 3.73. The SMILES string of the molecule is Cc1ccc(C(C)C)c(OCC(=O)Oc2ccc(Cl)cc2C)c1. The van der Waals surface area contributed by atoms with Crippen molar-refractivity contribution in [2.75, 3.05) is 6.61 Å². The summed E-state index contributed by atoms with van der Waals surface area (Å²) in [7, 11) is 0. The molecule has 2 aromatic carbocycles. The highest BCUT2D eigenvalue weighted by molar-refractivity contribution is 6.30. The Morgan fingerprint density at radius 2 is 1.83 bits per heavy atom. The Morgan fingerprint density at radius 1 is 1.09 bits per heavy atom. The summed E-state index contributed by atoms with van der Waals surface area (Å²) in [6.45, 7) is 7.88. The van der Waals surface area contributed by atoms with Gasteiger partial charge in [0.1, 0.15) is 11.5 Å². The zero-order chi connectivity index (χ0) is 17.0. The summed E-state index contributed by atoms with van der Waals surface area (Å²) in [5, 5.41) is 0.611. The molecule has 0 saturated heterocycles. The third-order valence-electron chi connectivity index (χ3n) is 3.50. The molecule has 0 spiro atoms. The van der Waals surface area contributed by atoms with E-state index < -0.39 is 5.97 Å². The molecule has 0 aliphatic heterocycles. The Morgan fingerprint density at radius 3 is 2.48 bits per heavy atom. The van der Waals surface area contributed by atoms with E-state index in [1.54, 1.807) is 18.2 Å². The van der Waals surface area contributed by atoms with E-state index in [9.17, 15) is 4.79 Å². The molecule has 0 aliphatic rings. The topological polar surface area (TPSA) is 35.5 Å². The van der Waals surface area contributed by atoms with Crippen molar-refractivity contribution in [1.29, 1.82) is 0 Å². The minimum absolute atomic E-state index is 0.134. The smallest absolute Gasteiger partial charge is 0.349 e. The highest BCUT2D eigenvalue weighted by Crippen LogP contribution is 2.27. The molecule has 0 heterocycles. The highest BCUT2D eigenvalue weighted by Gasteiger charge is 2.12. The van der Waals surface area contributed by atoms with Crippen LogP contribution in [0.1, 0.15) is 36.5 Å². The highest BCUT2D eigenvalue weighted by atomic mass is 35.5. The van der Waals surface area contributed by atoms with Crippen LogP contribution in [-0.2, 0) is 4.79 Å². The predicted molar refractivity (Wildman–Crippen MR) is 92.6 cm³/mol. The summed E-state index contributed by atoms with van der Waals surface area (Å²) < 4.78 is 11.0. The molecule has 0 bridgehead atoms. The monoisotopic (exact) mass is 332 g/mol. The number of rotatable bonds is 5. The van der Waals surface area contributed by atoms with Crippen LogP contribution in [0.3, 0.4) is 0 Å². The van der Waals surface area contributed by atoms with Gasteiger partial charge in [-0.1, -0.05) is 37.6 Å². The molecule has 0 aromatic heterocycles. The lowest BCUT2D eigenvalue weighted by atomic mass is 10.0. The van der Waals surface area contributed by atoms with Crippen molar-refractivity contribution in [2.24, 2.45) is 0 Å². The molecule has 0 amide bonds. The van der Waals surface area contributed by atoms with E-state index in [0.29, 0.717) is 16.7 Å². The molecule has 0 N–H and O–H groups in total. The first-order chi connectivity index (χ1) is 10.9. The number of benzene rings is 2. The van der Waals surface area contributed by atoms with Gasteiger partial charge in [-0.05, 0) is 60.7 Å². The summed E-state index contributed by atoms with van der Waals surface area (Å²) in [6.07, 6.45) is 0. The third kappa shape index (κ3) is 4.73. The minimum atomic E-state index is -0.438. The summed E-state index contributed by atoms with van der Waals surface area (Å²) >= 11 is 5.89. The van der Waals surface area contributed by atoms with Crippen LogP contribution in [-0.4, -0.2) is 12.6 Å². The van der Waals surface area contributed by atoms with Crippen molar-refractivity contribution in [3.63, 3.8) is 0 Å². The minimum Gasteiger partial charge on any atom is -0.482 e. The van der Waals surface area contributed by atoms with Gasteiger partial charge in [0.25, 0.3) is 0 Å². The Bertz CT molecular complexity index is 708. The van der Waals surface area contributed by atoms with E-state index in [0.717, 1.165) is 22.4 Å². The fourth-order valence-electron chi connectivity index (χ4n) is 2.26. The zero-order valence-electron chi connectivity index (χ0n) is 13.9. The van der Waals surface area contributed by atoms with E-state index in [-0.39, 0.29) is 6.61 Å². The largest absolute Gasteiger partial charge is 0.482 e. The molecule has 23 heavy (non-hydrogen) atoms. The first-order valence-corrected chi connectivity index (χ1v) is 7.95. The summed E-state index contributed by atoms with van der Waals surface area (Å²) in [5.74, 6) is 1.10. The predicted octanol–water partition coefficient (Wildman–Crippen LogP) is 5.06. The zero-order valence-corrected chi connectivity index (χ0v) is 14.6. The van der Waals surface area contributed by atoms with Crippen LogP contribution in [0.4, 0.5) is 0 Å². The van der Waals surface area contributed by atoms with Crippen LogP contribution in [0, 0.1) is 13.8 Å². The average Bonchev–Trinajstić information content (AvgIpc) is 2.48. The van der Waals surface area contributed by atoms with Crippen LogP contribution in [0.15, 0.2) is 36.4 Å². The lowest BCUT2D eigenvalue weighted by Gasteiger charge is -2.14. The molecule has 0 unspecified atom stereocenters. The van der Waals surface area contributed by atoms with Gasteiger partial charge in [0.2, 0.25) is 0 Å². The fourth-order valence-corrected chi connectivity index (χ4v) is 2.49. The summed E-state index contributed by atoms with van der Waals surface area (Å²) in [5.41, 5.74) is 2.97. The summed E-state index contributed by atoms with van der Waals surface area (Å²) in [4.78, 5) is 12.0. The molecule has 122 valence electrons. The van der Waals surface area contributed by atoms with Crippen LogP contribution < -0.4 is 9.47 Å². The maximum absolute atomic E-state index is 12.0. The number of esters is 1. The lowest BCUT2D eigenvalue weighted by molar-refractivity contribution is -0.136. The van der Waals surface area contributed by atoms with Crippen LogP contribution >= 0.6 is 11.6 Å². The number of ether oxygens (including phenoxy) is 2. The first kappa shape index (κ1) is 17.4. The number of carbonyl (C=O) groups excluding carboxylic acids is 1. The van der Waals surface area contributed by atoms with Gasteiger partial charge in [-0.15, -0.1) is 0 Å². The normalized spacial score (nSPS) is 10.7. The molecule has 0 radical (unpaired) electrons. The van der Waals surface area contributed by atoms with Gasteiger partial charge in [0.15, 0.2) is 6.61 Å². The van der Waals surface area contributed by atoms with Crippen LogP contribution in [0.25, 0.3) is 0 Å². The molecule has 2 rings (SSSR count). The second kappa shape index (κ2) is 7.51. The molecule has 3 nitrogen and oxygen atoms in total. The summed E-state index contributed by atoms with van der Waals surface area (Å²) in [6, 6.07) is 11.1. The second-order valence-corrected chi connectivity index (χ2v) is 6.30. The van der Waals surface area contributed by atoms with E-state index in [2.05, 4.69) is 13.8 Å². The Kier molecular flexibility index (Phi) is 5.67. The fraction of sp³-hybridized carbons (Fsp3) is 0.316. The first-order valence-electron chi connectivity index (χ1n) is 7.57. The van der Waals surface area contributed by atoms with E-state index in [1.165, 1.54) is 0 Å². The van der Waals surface area contributed by atoms with E-state index in [4.69, 9.17) is 21.1 Å². The van der Waals surface area contributed by atoms with Gasteiger partial charge in [-0.3, -0.25) is 0 Å². The number of hydrogen-bond acceptors (Lipinski definition) is 3. The number of hydrogen-bond donors (Lipinski definition) is 0. The van der Waals surface area contributed by atoms with Gasteiger partial charge < -0.3 is 9.47 Å². The van der Waals surface area contributed by atoms with Crippen molar-refractivity contribution in [3.8, 4) is 11.5 Å². The van der Waals surface area contributed by atoms with Gasteiger partial charge in [-0.25, -0.2) is 4.79 Å². The Labute approximate surface area is 142 Å². The number of halogens is 1. The Hall–Kier alpha value is -2.00. The maximum Gasteiger partial charge on any atom is 0.349 e. The van der Waals surface area contributed by atoms with Crippen molar-refractivity contribution in [1.82, 2.24) is 0 Å². The van der Waals surface area contributed by atoms with Gasteiger partial charge >= 0.3 is 5.97 Å². The maximum atomic E-state index is 12.0. The van der Waals surface area contributed by atoms with Crippen molar-refractivity contribution in [2.45, 2.75) is 33.6 Å². The van der Waals surface area contributed by atoms with E-state index in [1.807, 2.05) is 32.0 Å². The van der Waals surface area contributed by atoms with Crippen LogP contribution in [0.2, 0.25) is 5.02 Å². The molecule has 0 aliphatic carbocycles. The van der Waals surface area contributed by atoms with Gasteiger partial charge in [-0.2, -0.15) is 0 Å². The molecule has 0 fully saturated rings. The second-order valence-electron chi connectivity index (χ2n) is 5.87. The lowest BCUT2D eigenvalue weighted by Crippen LogP contribution is -2.18. The molecule has 0 atom stereocenters. The van der Waals surface area contributed by atoms with Crippen molar-refractivity contribution < 1.29 is 14.3 Å². The van der Waals surface area contributed by atoms with Gasteiger partial charge in [0.05, 0.1) is 0 Å². The Balaban J connectivity index is 2.03. The van der Waals surface area contributed by atoms with Gasteiger partial charge in [0, 0.05) is 5.02 Å². The standard InChI is InChI=1S/C19H21ClO3/c1-12(2)16-7-5-13(3)9-18(16)22-11-19(21)23-17-8-6-15(20)10-14(17)4/h5-10,12H,11H2,1-4H3. The molecule has 4 heteroatoms. The molecule has 0 saturated carbocycles. The van der Waals surface area contributed by atoms with Crippen LogP contribution in [0.5, 0.6) is 11.5 Å². The average molecular weight is 333 g/mol. The van der Waals surface area contributed by atoms with E-state index >= 15 is 0 Å². The van der Waals surface area contributed by atoms with Crippen molar-refractivity contribution in [3.05, 3.63) is 58.1 Å². The number of aryl methyl sites for hydroxylation is 2. The quantitative estimate of drug-likeness (QED) is 0.566.